The molecule has 1 amide bonds. The lowest BCUT2D eigenvalue weighted by Gasteiger charge is -2.13. The van der Waals surface area contributed by atoms with Gasteiger partial charge in [0.1, 0.15) is 5.75 Å². The first-order chi connectivity index (χ1) is 14.5. The summed E-state index contributed by atoms with van der Waals surface area (Å²) in [5.74, 6) is 0.502. The molecule has 3 rings (SSSR count). The van der Waals surface area contributed by atoms with Gasteiger partial charge in [0.15, 0.2) is 0 Å². The molecule has 0 spiro atoms. The number of ether oxygens (including phenoxy) is 2. The zero-order valence-corrected chi connectivity index (χ0v) is 17.7. The zero-order valence-electron chi connectivity index (χ0n) is 17.7. The monoisotopic (exact) mass is 405 g/mol. The Morgan fingerprint density at radius 2 is 1.80 bits per heavy atom. The third kappa shape index (κ3) is 4.98. The van der Waals surface area contributed by atoms with Crippen molar-refractivity contribution < 1.29 is 19.1 Å². The van der Waals surface area contributed by atoms with Gasteiger partial charge in [-0.25, -0.2) is 4.79 Å². The van der Waals surface area contributed by atoms with E-state index >= 15 is 0 Å². The van der Waals surface area contributed by atoms with Crippen molar-refractivity contribution in [1.82, 2.24) is 5.32 Å². The SMILES string of the molecule is CCCC(=O)NCCc1cc(-c2cccc(C(=O)OC)c2)cc2ccc(OC)cc12. The summed E-state index contributed by atoms with van der Waals surface area (Å²) >= 11 is 0. The van der Waals surface area contributed by atoms with Crippen LogP contribution in [0.5, 0.6) is 5.75 Å². The summed E-state index contributed by atoms with van der Waals surface area (Å²) in [6.07, 6.45) is 2.07. The van der Waals surface area contributed by atoms with Crippen LogP contribution in [0, 0.1) is 0 Å². The maximum Gasteiger partial charge on any atom is 0.337 e. The second kappa shape index (κ2) is 9.92. The standard InChI is InChI=1S/C25H27NO4/c1-4-6-24(27)26-12-11-19-15-21(14-18-9-10-22(29-2)16-23(18)19)17-7-5-8-20(13-17)25(28)30-3/h5,7-10,13-16H,4,6,11-12H2,1-3H3,(H,26,27). The molecule has 0 atom stereocenters. The lowest BCUT2D eigenvalue weighted by atomic mass is 9.94. The first kappa shape index (κ1) is 21.4. The van der Waals surface area contributed by atoms with Crippen molar-refractivity contribution in [3.05, 3.63) is 65.7 Å². The second-order valence-corrected chi connectivity index (χ2v) is 7.14. The maximum atomic E-state index is 11.9. The molecular weight excluding hydrogens is 378 g/mol. The molecule has 156 valence electrons. The number of amides is 1. The molecule has 0 saturated heterocycles. The van der Waals surface area contributed by atoms with E-state index in [1.807, 2.05) is 43.3 Å². The molecule has 0 unspecified atom stereocenters. The van der Waals surface area contributed by atoms with Crippen molar-refractivity contribution in [2.45, 2.75) is 26.2 Å². The quantitative estimate of drug-likeness (QED) is 0.549. The molecule has 0 aliphatic carbocycles. The number of rotatable bonds is 8. The van der Waals surface area contributed by atoms with Crippen LogP contribution in [-0.2, 0) is 16.0 Å². The second-order valence-electron chi connectivity index (χ2n) is 7.14. The van der Waals surface area contributed by atoms with E-state index in [-0.39, 0.29) is 11.9 Å². The normalized spacial score (nSPS) is 10.6. The summed E-state index contributed by atoms with van der Waals surface area (Å²) in [5.41, 5.74) is 3.57. The number of hydrogen-bond acceptors (Lipinski definition) is 4. The average molecular weight is 405 g/mol. The third-order valence-corrected chi connectivity index (χ3v) is 5.06. The van der Waals surface area contributed by atoms with Crippen molar-refractivity contribution in [2.24, 2.45) is 0 Å². The highest BCUT2D eigenvalue weighted by atomic mass is 16.5. The highest BCUT2D eigenvalue weighted by Crippen LogP contribution is 2.31. The van der Waals surface area contributed by atoms with Gasteiger partial charge in [-0.05, 0) is 70.6 Å². The molecule has 0 aromatic heterocycles. The van der Waals surface area contributed by atoms with Gasteiger partial charge in [-0.2, -0.15) is 0 Å². The Kier molecular flexibility index (Phi) is 7.07. The topological polar surface area (TPSA) is 64.6 Å². The Morgan fingerprint density at radius 3 is 2.53 bits per heavy atom. The van der Waals surface area contributed by atoms with E-state index in [0.29, 0.717) is 24.9 Å². The predicted octanol–water partition coefficient (Wildman–Crippen LogP) is 4.76. The van der Waals surface area contributed by atoms with E-state index in [2.05, 4.69) is 17.4 Å². The van der Waals surface area contributed by atoms with E-state index in [1.54, 1.807) is 13.2 Å². The zero-order chi connectivity index (χ0) is 21.5. The summed E-state index contributed by atoms with van der Waals surface area (Å²) in [4.78, 5) is 23.8. The summed E-state index contributed by atoms with van der Waals surface area (Å²) in [7, 11) is 3.03. The van der Waals surface area contributed by atoms with Gasteiger partial charge >= 0.3 is 5.97 Å². The first-order valence-corrected chi connectivity index (χ1v) is 10.1. The number of fused-ring (bicyclic) bond motifs is 1. The smallest absolute Gasteiger partial charge is 0.337 e. The highest BCUT2D eigenvalue weighted by molar-refractivity contribution is 5.94. The number of esters is 1. The Morgan fingerprint density at radius 1 is 0.967 bits per heavy atom. The van der Waals surface area contributed by atoms with Crippen molar-refractivity contribution in [3.8, 4) is 16.9 Å². The predicted molar refractivity (Wildman–Crippen MR) is 119 cm³/mol. The lowest BCUT2D eigenvalue weighted by Crippen LogP contribution is -2.25. The van der Waals surface area contributed by atoms with Crippen molar-refractivity contribution in [3.63, 3.8) is 0 Å². The van der Waals surface area contributed by atoms with Crippen molar-refractivity contribution in [1.29, 1.82) is 0 Å². The largest absolute Gasteiger partial charge is 0.497 e. The van der Waals surface area contributed by atoms with Crippen molar-refractivity contribution in [2.75, 3.05) is 20.8 Å². The Labute approximate surface area is 177 Å². The summed E-state index contributed by atoms with van der Waals surface area (Å²) < 4.78 is 10.2. The van der Waals surface area contributed by atoms with Crippen LogP contribution < -0.4 is 10.1 Å². The van der Waals surface area contributed by atoms with Gasteiger partial charge in [0.2, 0.25) is 5.91 Å². The fourth-order valence-corrected chi connectivity index (χ4v) is 3.51. The van der Waals surface area contributed by atoms with Gasteiger partial charge < -0.3 is 14.8 Å². The fraction of sp³-hybridized carbons (Fsp3) is 0.280. The van der Waals surface area contributed by atoms with Crippen LogP contribution in [0.15, 0.2) is 54.6 Å². The minimum Gasteiger partial charge on any atom is -0.497 e. The van der Waals surface area contributed by atoms with E-state index in [9.17, 15) is 9.59 Å². The maximum absolute atomic E-state index is 11.9. The molecule has 0 bridgehead atoms. The molecule has 0 aliphatic heterocycles. The molecule has 1 N–H and O–H groups in total. The van der Waals surface area contributed by atoms with E-state index in [1.165, 1.54) is 7.11 Å². The molecule has 5 nitrogen and oxygen atoms in total. The number of nitrogens with one attached hydrogen (secondary N) is 1. The molecule has 0 radical (unpaired) electrons. The fourth-order valence-electron chi connectivity index (χ4n) is 3.51. The Balaban J connectivity index is 2.00. The van der Waals surface area contributed by atoms with Crippen LogP contribution in [0.25, 0.3) is 21.9 Å². The van der Waals surface area contributed by atoms with E-state index in [0.717, 1.165) is 39.6 Å². The molecule has 5 heteroatoms. The minimum absolute atomic E-state index is 0.0707. The number of methoxy groups -OCH3 is 2. The van der Waals surface area contributed by atoms with Gasteiger partial charge in [0.25, 0.3) is 0 Å². The van der Waals surface area contributed by atoms with Gasteiger partial charge in [0.05, 0.1) is 19.8 Å². The summed E-state index contributed by atoms with van der Waals surface area (Å²) in [6.45, 7) is 2.56. The molecule has 3 aromatic carbocycles. The van der Waals surface area contributed by atoms with E-state index in [4.69, 9.17) is 9.47 Å². The highest BCUT2D eigenvalue weighted by Gasteiger charge is 2.11. The van der Waals surface area contributed by atoms with Gasteiger partial charge in [0, 0.05) is 13.0 Å². The van der Waals surface area contributed by atoms with Crippen LogP contribution >= 0.6 is 0 Å². The lowest BCUT2D eigenvalue weighted by molar-refractivity contribution is -0.121. The molecule has 3 aromatic rings. The van der Waals surface area contributed by atoms with Gasteiger partial charge in [-0.3, -0.25) is 4.79 Å². The molecular formula is C25H27NO4. The van der Waals surface area contributed by atoms with Crippen LogP contribution in [0.2, 0.25) is 0 Å². The first-order valence-electron chi connectivity index (χ1n) is 10.1. The van der Waals surface area contributed by atoms with Crippen LogP contribution in [0.4, 0.5) is 0 Å². The number of benzene rings is 3. The number of carbonyl (C=O) groups is 2. The van der Waals surface area contributed by atoms with Gasteiger partial charge in [-0.1, -0.05) is 31.2 Å². The van der Waals surface area contributed by atoms with Crippen molar-refractivity contribution >= 4 is 22.6 Å². The van der Waals surface area contributed by atoms with Gasteiger partial charge in [-0.15, -0.1) is 0 Å². The van der Waals surface area contributed by atoms with Crippen LogP contribution in [0.3, 0.4) is 0 Å². The number of hydrogen-bond donors (Lipinski definition) is 1. The van der Waals surface area contributed by atoms with E-state index < -0.39 is 0 Å². The van der Waals surface area contributed by atoms with Crippen LogP contribution in [-0.4, -0.2) is 32.6 Å². The minimum atomic E-state index is -0.360. The Bertz CT molecular complexity index is 1060. The summed E-state index contributed by atoms with van der Waals surface area (Å²) in [5, 5.41) is 5.15. The number of carbonyl (C=O) groups excluding carboxylic acids is 2. The molecule has 30 heavy (non-hydrogen) atoms. The molecule has 0 heterocycles. The molecule has 0 fully saturated rings. The Hall–Kier alpha value is -3.34. The average Bonchev–Trinajstić information content (AvgIpc) is 2.78. The van der Waals surface area contributed by atoms with Crippen LogP contribution in [0.1, 0.15) is 35.7 Å². The molecule has 0 aliphatic rings. The summed E-state index contributed by atoms with van der Waals surface area (Å²) in [6, 6.07) is 17.6. The molecule has 0 saturated carbocycles. The third-order valence-electron chi connectivity index (χ3n) is 5.06.